The number of methoxy groups -OCH3 is 1. The largest absolute Gasteiger partial charge is 0.453 e. The molecule has 0 aromatic heterocycles. The van der Waals surface area contributed by atoms with Gasteiger partial charge >= 0.3 is 6.09 Å². The summed E-state index contributed by atoms with van der Waals surface area (Å²) in [7, 11) is 1.42. The molecular weight excluding hydrogens is 130 g/mol. The van der Waals surface area contributed by atoms with E-state index in [1.54, 1.807) is 4.90 Å². The molecule has 0 unspecified atom stereocenters. The second-order valence-corrected chi connectivity index (χ2v) is 2.32. The molecule has 1 rings (SSSR count). The standard InChI is InChI=1S/C7H12NO2/c1-10-7(9)8-5-3-2-4-6-8/h2H,3-6H2,1H3. The summed E-state index contributed by atoms with van der Waals surface area (Å²) in [6, 6.07) is 0. The van der Waals surface area contributed by atoms with Crippen LogP contribution in [0.1, 0.15) is 12.8 Å². The van der Waals surface area contributed by atoms with Crippen molar-refractivity contribution in [2.75, 3.05) is 20.2 Å². The lowest BCUT2D eigenvalue weighted by Gasteiger charge is -2.24. The van der Waals surface area contributed by atoms with Gasteiger partial charge in [-0.05, 0) is 19.3 Å². The van der Waals surface area contributed by atoms with E-state index in [4.69, 9.17) is 0 Å². The van der Waals surface area contributed by atoms with Crippen LogP contribution in [0, 0.1) is 6.42 Å². The van der Waals surface area contributed by atoms with Crippen LogP contribution in [0.5, 0.6) is 0 Å². The third kappa shape index (κ3) is 1.62. The summed E-state index contributed by atoms with van der Waals surface area (Å²) in [5.41, 5.74) is 0. The number of carbonyl (C=O) groups is 1. The molecule has 0 atom stereocenters. The zero-order chi connectivity index (χ0) is 7.40. The van der Waals surface area contributed by atoms with E-state index < -0.39 is 0 Å². The van der Waals surface area contributed by atoms with Gasteiger partial charge in [0.1, 0.15) is 0 Å². The maximum Gasteiger partial charge on any atom is 0.409 e. The Hall–Kier alpha value is -0.730. The van der Waals surface area contributed by atoms with E-state index in [0.717, 1.165) is 25.9 Å². The van der Waals surface area contributed by atoms with Gasteiger partial charge in [0.2, 0.25) is 0 Å². The van der Waals surface area contributed by atoms with Crippen LogP contribution in [0.3, 0.4) is 0 Å². The Morgan fingerprint density at radius 1 is 1.50 bits per heavy atom. The molecule has 1 aliphatic rings. The molecule has 1 fully saturated rings. The van der Waals surface area contributed by atoms with Crippen molar-refractivity contribution in [2.45, 2.75) is 12.8 Å². The summed E-state index contributed by atoms with van der Waals surface area (Å²) in [6.07, 6.45) is 3.98. The first kappa shape index (κ1) is 7.38. The average Bonchev–Trinajstić information content (AvgIpc) is 2.05. The fraction of sp³-hybridized carbons (Fsp3) is 0.714. The van der Waals surface area contributed by atoms with Gasteiger partial charge in [-0.15, -0.1) is 0 Å². The zero-order valence-corrected chi connectivity index (χ0v) is 6.17. The van der Waals surface area contributed by atoms with Crippen molar-refractivity contribution in [1.82, 2.24) is 4.90 Å². The van der Waals surface area contributed by atoms with E-state index in [9.17, 15) is 4.79 Å². The Kier molecular flexibility index (Phi) is 2.54. The molecule has 0 bridgehead atoms. The summed E-state index contributed by atoms with van der Waals surface area (Å²) >= 11 is 0. The Morgan fingerprint density at radius 3 is 2.60 bits per heavy atom. The summed E-state index contributed by atoms with van der Waals surface area (Å²) < 4.78 is 4.56. The second-order valence-electron chi connectivity index (χ2n) is 2.32. The highest BCUT2D eigenvalue weighted by molar-refractivity contribution is 5.67. The quantitative estimate of drug-likeness (QED) is 0.506. The van der Waals surface area contributed by atoms with Crippen LogP contribution in [0.4, 0.5) is 4.79 Å². The number of likely N-dealkylation sites (tertiary alicyclic amines) is 1. The zero-order valence-electron chi connectivity index (χ0n) is 6.17. The van der Waals surface area contributed by atoms with E-state index in [1.807, 2.05) is 0 Å². The molecule has 0 aromatic carbocycles. The highest BCUT2D eigenvalue weighted by Gasteiger charge is 2.15. The predicted molar refractivity (Wildman–Crippen MR) is 37.5 cm³/mol. The van der Waals surface area contributed by atoms with Gasteiger partial charge < -0.3 is 9.64 Å². The first-order chi connectivity index (χ1) is 4.84. The molecule has 1 aliphatic heterocycles. The number of nitrogens with zero attached hydrogens (tertiary/aromatic N) is 1. The van der Waals surface area contributed by atoms with Gasteiger partial charge in [0.15, 0.2) is 0 Å². The molecule has 1 saturated heterocycles. The van der Waals surface area contributed by atoms with E-state index >= 15 is 0 Å². The summed E-state index contributed by atoms with van der Waals surface area (Å²) in [6.45, 7) is 1.62. The topological polar surface area (TPSA) is 29.5 Å². The number of carbonyl (C=O) groups excluding carboxylic acids is 1. The van der Waals surface area contributed by atoms with Gasteiger partial charge in [-0.2, -0.15) is 0 Å². The van der Waals surface area contributed by atoms with E-state index in [0.29, 0.717) is 0 Å². The lowest BCUT2D eigenvalue weighted by Crippen LogP contribution is -2.35. The summed E-state index contributed by atoms with van der Waals surface area (Å²) in [5, 5.41) is 0. The van der Waals surface area contributed by atoms with Crippen molar-refractivity contribution in [3.63, 3.8) is 0 Å². The van der Waals surface area contributed by atoms with Gasteiger partial charge in [0.05, 0.1) is 7.11 Å². The number of amides is 1. The molecule has 0 N–H and O–H groups in total. The molecule has 1 amide bonds. The smallest absolute Gasteiger partial charge is 0.409 e. The van der Waals surface area contributed by atoms with Gasteiger partial charge in [-0.3, -0.25) is 0 Å². The molecule has 0 aliphatic carbocycles. The number of ether oxygens (including phenoxy) is 1. The molecule has 10 heavy (non-hydrogen) atoms. The van der Waals surface area contributed by atoms with Crippen molar-refractivity contribution < 1.29 is 9.53 Å². The van der Waals surface area contributed by atoms with Crippen LogP contribution in [0.15, 0.2) is 0 Å². The monoisotopic (exact) mass is 142 g/mol. The Morgan fingerprint density at radius 2 is 2.10 bits per heavy atom. The molecule has 57 valence electrons. The molecular formula is C7H12NO2. The van der Waals surface area contributed by atoms with Crippen molar-refractivity contribution >= 4 is 6.09 Å². The van der Waals surface area contributed by atoms with Crippen LogP contribution in [0.2, 0.25) is 0 Å². The fourth-order valence-electron chi connectivity index (χ4n) is 1.06. The molecule has 0 aromatic rings. The Bertz CT molecular complexity index is 119. The molecule has 0 saturated carbocycles. The maximum absolute atomic E-state index is 10.9. The van der Waals surface area contributed by atoms with Crippen LogP contribution in [0.25, 0.3) is 0 Å². The number of hydrogen-bond donors (Lipinski definition) is 0. The first-order valence-electron chi connectivity index (χ1n) is 3.49. The van der Waals surface area contributed by atoms with Crippen molar-refractivity contribution in [2.24, 2.45) is 0 Å². The minimum atomic E-state index is -0.201. The normalized spacial score (nSPS) is 18.7. The molecule has 1 radical (unpaired) electrons. The maximum atomic E-state index is 10.9. The molecule has 3 heteroatoms. The van der Waals surface area contributed by atoms with Gasteiger partial charge in [-0.1, -0.05) is 0 Å². The average molecular weight is 142 g/mol. The fourth-order valence-corrected chi connectivity index (χ4v) is 1.06. The van der Waals surface area contributed by atoms with Gasteiger partial charge in [0, 0.05) is 13.1 Å². The summed E-state index contributed by atoms with van der Waals surface area (Å²) in [5.74, 6) is 0. The van der Waals surface area contributed by atoms with Crippen LogP contribution < -0.4 is 0 Å². The highest BCUT2D eigenvalue weighted by Crippen LogP contribution is 2.07. The van der Waals surface area contributed by atoms with E-state index in [2.05, 4.69) is 11.2 Å². The van der Waals surface area contributed by atoms with Crippen molar-refractivity contribution in [3.8, 4) is 0 Å². The minimum absolute atomic E-state index is 0.201. The van der Waals surface area contributed by atoms with E-state index in [1.165, 1.54) is 7.11 Å². The third-order valence-electron chi connectivity index (χ3n) is 1.64. The predicted octanol–water partition coefficient (Wildman–Crippen LogP) is 1.05. The minimum Gasteiger partial charge on any atom is -0.453 e. The van der Waals surface area contributed by atoms with Crippen molar-refractivity contribution in [3.05, 3.63) is 6.42 Å². The van der Waals surface area contributed by atoms with Gasteiger partial charge in [-0.25, -0.2) is 4.79 Å². The SMILES string of the molecule is COC(=O)N1CC[CH]CC1. The Balaban J connectivity index is 2.31. The highest BCUT2D eigenvalue weighted by atomic mass is 16.5. The number of hydrogen-bond acceptors (Lipinski definition) is 2. The molecule has 1 heterocycles. The van der Waals surface area contributed by atoms with Crippen LogP contribution in [-0.2, 0) is 4.74 Å². The van der Waals surface area contributed by atoms with Crippen LogP contribution >= 0.6 is 0 Å². The third-order valence-corrected chi connectivity index (χ3v) is 1.64. The van der Waals surface area contributed by atoms with Gasteiger partial charge in [0.25, 0.3) is 0 Å². The molecule has 0 spiro atoms. The second kappa shape index (κ2) is 3.44. The lowest BCUT2D eigenvalue weighted by molar-refractivity contribution is 0.120. The summed E-state index contributed by atoms with van der Waals surface area (Å²) in [4.78, 5) is 12.6. The lowest BCUT2D eigenvalue weighted by atomic mass is 10.1. The molecule has 3 nitrogen and oxygen atoms in total. The first-order valence-corrected chi connectivity index (χ1v) is 3.49. The van der Waals surface area contributed by atoms with Crippen LogP contribution in [-0.4, -0.2) is 31.2 Å². The van der Waals surface area contributed by atoms with Crippen molar-refractivity contribution in [1.29, 1.82) is 0 Å². The number of rotatable bonds is 0. The van der Waals surface area contributed by atoms with E-state index in [-0.39, 0.29) is 6.09 Å². The number of piperidine rings is 1. The Labute approximate surface area is 61.0 Å².